The topological polar surface area (TPSA) is 24.5 Å². The molecule has 0 heterocycles. The summed E-state index contributed by atoms with van der Waals surface area (Å²) in [5.74, 6) is 0.827. The van der Waals surface area contributed by atoms with Crippen LogP contribution in [0.25, 0.3) is 0 Å². The average Bonchev–Trinajstić information content (AvgIpc) is 2.32. The zero-order valence-electron chi connectivity index (χ0n) is 11.4. The highest BCUT2D eigenvalue weighted by molar-refractivity contribution is 9.11. The van der Waals surface area contributed by atoms with Gasteiger partial charge in [-0.3, -0.25) is 0 Å². The number of nitrogens with one attached hydrogen (secondary N) is 1. The van der Waals surface area contributed by atoms with Gasteiger partial charge in [-0.05, 0) is 77.1 Å². The maximum Gasteiger partial charge on any atom is 0.147 e. The van der Waals surface area contributed by atoms with Crippen LogP contribution in [0, 0.1) is 0 Å². The Morgan fingerprint density at radius 3 is 2.47 bits per heavy atom. The van der Waals surface area contributed by atoms with Crippen molar-refractivity contribution < 1.29 is 4.74 Å². The van der Waals surface area contributed by atoms with Crippen LogP contribution in [-0.4, -0.2) is 39.2 Å². The molecule has 1 N–H and O–H groups in total. The Morgan fingerprint density at radius 1 is 1.21 bits per heavy atom. The molecule has 0 aromatic heterocycles. The maximum absolute atomic E-state index is 5.38. The van der Waals surface area contributed by atoms with Crippen molar-refractivity contribution in [3.63, 3.8) is 0 Å². The molecule has 3 nitrogen and oxygen atoms in total. The first-order chi connectivity index (χ1) is 8.97. The molecule has 0 saturated carbocycles. The molecule has 0 spiro atoms. The van der Waals surface area contributed by atoms with E-state index < -0.39 is 0 Å². The zero-order valence-corrected chi connectivity index (χ0v) is 16.2. The van der Waals surface area contributed by atoms with Crippen LogP contribution in [0.1, 0.15) is 12.0 Å². The van der Waals surface area contributed by atoms with E-state index in [0.29, 0.717) is 0 Å². The third-order valence-corrected chi connectivity index (χ3v) is 4.82. The molecule has 0 unspecified atom stereocenters. The van der Waals surface area contributed by atoms with Gasteiger partial charge in [0.25, 0.3) is 0 Å². The van der Waals surface area contributed by atoms with Crippen LogP contribution >= 0.6 is 47.8 Å². The van der Waals surface area contributed by atoms with E-state index in [-0.39, 0.29) is 0 Å². The monoisotopic (exact) mass is 456 g/mol. The van der Waals surface area contributed by atoms with E-state index in [0.717, 1.165) is 45.2 Å². The minimum absolute atomic E-state index is 0.804. The second-order valence-corrected chi connectivity index (χ2v) is 7.00. The molecule has 0 aliphatic heterocycles. The van der Waals surface area contributed by atoms with E-state index in [1.54, 1.807) is 7.11 Å². The summed E-state index contributed by atoms with van der Waals surface area (Å²) < 4.78 is 8.36. The molecular weight excluding hydrogens is 440 g/mol. The van der Waals surface area contributed by atoms with Crippen LogP contribution in [0.2, 0.25) is 0 Å². The van der Waals surface area contributed by atoms with Crippen LogP contribution < -0.4 is 10.1 Å². The molecule has 1 aromatic carbocycles. The average molecular weight is 459 g/mol. The Bertz CT molecular complexity index is 425. The number of rotatable bonds is 7. The summed E-state index contributed by atoms with van der Waals surface area (Å²) in [7, 11) is 5.85. The number of nitrogens with zero attached hydrogens (tertiary/aromatic N) is 1. The van der Waals surface area contributed by atoms with Crippen molar-refractivity contribution in [2.75, 3.05) is 34.3 Å². The molecule has 0 atom stereocenters. The normalized spacial score (nSPS) is 11.1. The van der Waals surface area contributed by atoms with Gasteiger partial charge in [0.1, 0.15) is 5.75 Å². The minimum atomic E-state index is 0.804. The molecule has 0 aliphatic rings. The van der Waals surface area contributed by atoms with Crippen LogP contribution in [0.15, 0.2) is 19.5 Å². The molecular formula is C13H19Br3N2O. The van der Waals surface area contributed by atoms with Crippen molar-refractivity contribution in [2.45, 2.75) is 13.0 Å². The summed E-state index contributed by atoms with van der Waals surface area (Å²) in [4.78, 5) is 2.19. The molecule has 0 radical (unpaired) electrons. The predicted octanol–water partition coefficient (Wildman–Crippen LogP) is 4.02. The van der Waals surface area contributed by atoms with Gasteiger partial charge < -0.3 is 15.0 Å². The fourth-order valence-corrected chi connectivity index (χ4v) is 4.42. The molecule has 0 amide bonds. The van der Waals surface area contributed by atoms with Gasteiger partial charge in [0.2, 0.25) is 0 Å². The van der Waals surface area contributed by atoms with Gasteiger partial charge in [0.15, 0.2) is 0 Å². The van der Waals surface area contributed by atoms with Gasteiger partial charge in [0.05, 0.1) is 16.1 Å². The lowest BCUT2D eigenvalue weighted by Crippen LogP contribution is -2.21. The number of hydrogen-bond donors (Lipinski definition) is 1. The maximum atomic E-state index is 5.38. The van der Waals surface area contributed by atoms with E-state index in [2.05, 4.69) is 72.1 Å². The minimum Gasteiger partial charge on any atom is -0.494 e. The van der Waals surface area contributed by atoms with Gasteiger partial charge in [-0.2, -0.15) is 0 Å². The summed E-state index contributed by atoms with van der Waals surface area (Å²) in [6, 6.07) is 2.01. The largest absolute Gasteiger partial charge is 0.494 e. The summed E-state index contributed by atoms with van der Waals surface area (Å²) in [6.07, 6.45) is 1.13. The van der Waals surface area contributed by atoms with Crippen LogP contribution in [-0.2, 0) is 6.54 Å². The smallest absolute Gasteiger partial charge is 0.147 e. The number of hydrogen-bond acceptors (Lipinski definition) is 3. The third kappa shape index (κ3) is 5.34. The Morgan fingerprint density at radius 2 is 1.89 bits per heavy atom. The second-order valence-electron chi connectivity index (χ2n) is 4.50. The lowest BCUT2D eigenvalue weighted by molar-refractivity contribution is 0.394. The predicted molar refractivity (Wildman–Crippen MR) is 91.0 cm³/mol. The summed E-state index contributed by atoms with van der Waals surface area (Å²) in [6.45, 7) is 2.90. The number of halogens is 3. The van der Waals surface area contributed by atoms with Crippen LogP contribution in [0.3, 0.4) is 0 Å². The van der Waals surface area contributed by atoms with Crippen LogP contribution in [0.4, 0.5) is 0 Å². The van der Waals surface area contributed by atoms with Gasteiger partial charge in [-0.15, -0.1) is 0 Å². The third-order valence-electron chi connectivity index (χ3n) is 2.69. The quantitative estimate of drug-likeness (QED) is 0.624. The van der Waals surface area contributed by atoms with Gasteiger partial charge in [-0.25, -0.2) is 0 Å². The highest BCUT2D eigenvalue weighted by Gasteiger charge is 2.14. The molecule has 0 aliphatic carbocycles. The molecule has 1 rings (SSSR count). The van der Waals surface area contributed by atoms with Crippen molar-refractivity contribution in [3.05, 3.63) is 25.0 Å². The summed E-state index contributed by atoms with van der Waals surface area (Å²) in [5.41, 5.74) is 1.17. The van der Waals surface area contributed by atoms with Crippen molar-refractivity contribution in [1.82, 2.24) is 10.2 Å². The zero-order chi connectivity index (χ0) is 14.4. The Kier molecular flexibility index (Phi) is 7.91. The fraction of sp³-hybridized carbons (Fsp3) is 0.538. The van der Waals surface area contributed by atoms with Gasteiger partial charge in [-0.1, -0.05) is 15.9 Å². The molecule has 0 bridgehead atoms. The SMILES string of the molecule is COc1c(Br)cc(Br)c(CNCCCN(C)C)c1Br. The first-order valence-corrected chi connectivity index (χ1v) is 8.41. The Balaban J connectivity index is 2.63. The summed E-state index contributed by atoms with van der Waals surface area (Å²) >= 11 is 10.7. The molecule has 19 heavy (non-hydrogen) atoms. The molecule has 108 valence electrons. The highest BCUT2D eigenvalue weighted by Crippen LogP contribution is 2.40. The Labute approximate surface area is 140 Å². The molecule has 6 heteroatoms. The molecule has 1 aromatic rings. The number of methoxy groups -OCH3 is 1. The van der Waals surface area contributed by atoms with Crippen molar-refractivity contribution in [2.24, 2.45) is 0 Å². The summed E-state index contributed by atoms with van der Waals surface area (Å²) in [5, 5.41) is 3.45. The first-order valence-electron chi connectivity index (χ1n) is 6.03. The fourth-order valence-electron chi connectivity index (χ4n) is 1.69. The number of benzene rings is 1. The van der Waals surface area contributed by atoms with Crippen molar-refractivity contribution in [1.29, 1.82) is 0 Å². The number of ether oxygens (including phenoxy) is 1. The highest BCUT2D eigenvalue weighted by atomic mass is 79.9. The van der Waals surface area contributed by atoms with Crippen molar-refractivity contribution >= 4 is 47.8 Å². The van der Waals surface area contributed by atoms with Gasteiger partial charge >= 0.3 is 0 Å². The lowest BCUT2D eigenvalue weighted by atomic mass is 10.2. The van der Waals surface area contributed by atoms with E-state index >= 15 is 0 Å². The van der Waals surface area contributed by atoms with E-state index in [9.17, 15) is 0 Å². The molecule has 0 saturated heterocycles. The lowest BCUT2D eigenvalue weighted by Gasteiger charge is -2.14. The van der Waals surface area contributed by atoms with Crippen molar-refractivity contribution in [3.8, 4) is 5.75 Å². The van der Waals surface area contributed by atoms with E-state index in [1.807, 2.05) is 6.07 Å². The van der Waals surface area contributed by atoms with E-state index in [1.165, 1.54) is 5.56 Å². The van der Waals surface area contributed by atoms with Crippen LogP contribution in [0.5, 0.6) is 5.75 Å². The Hall–Kier alpha value is 0.380. The van der Waals surface area contributed by atoms with E-state index in [4.69, 9.17) is 4.74 Å². The second kappa shape index (κ2) is 8.62. The molecule has 0 fully saturated rings. The first kappa shape index (κ1) is 17.4. The standard InChI is InChI=1S/C13H19Br3N2O/c1-18(2)6-4-5-17-8-9-10(14)7-11(15)13(19-3)12(9)16/h7,17H,4-6,8H2,1-3H3. The van der Waals surface area contributed by atoms with Gasteiger partial charge in [0, 0.05) is 11.0 Å².